The lowest BCUT2D eigenvalue weighted by molar-refractivity contribution is 1.21. The number of hydrogen-bond donors (Lipinski definition) is 5. The van der Waals surface area contributed by atoms with Crippen LogP contribution < -0.4 is 33.2 Å². The summed E-state index contributed by atoms with van der Waals surface area (Å²) in [6.07, 6.45) is 0. The topological polar surface area (TPSA) is 119 Å². The van der Waals surface area contributed by atoms with Gasteiger partial charge in [0.25, 0.3) is 0 Å². The van der Waals surface area contributed by atoms with Crippen LogP contribution in [0.25, 0.3) is 0 Å². The van der Waals surface area contributed by atoms with Crippen LogP contribution in [0.15, 0.2) is 97.1 Å². The van der Waals surface area contributed by atoms with Crippen molar-refractivity contribution in [1.82, 2.24) is 0 Å². The molecule has 4 aromatic rings. The summed E-state index contributed by atoms with van der Waals surface area (Å²) >= 11 is 0. The molecule has 0 unspecified atom stereocenters. The van der Waals surface area contributed by atoms with Crippen LogP contribution in [0.4, 0.5) is 45.5 Å². The van der Waals surface area contributed by atoms with Gasteiger partial charge in [-0.05, 0) is 97.1 Å². The molecule has 0 spiro atoms. The molecule has 158 valence electrons. The van der Waals surface area contributed by atoms with Crippen molar-refractivity contribution < 1.29 is 0 Å². The Morgan fingerprint density at radius 2 is 0.710 bits per heavy atom. The minimum Gasteiger partial charge on any atom is -0.399 e. The first kappa shape index (κ1) is 21.4. The van der Waals surface area contributed by atoms with E-state index in [9.17, 15) is 0 Å². The zero-order valence-electron chi connectivity index (χ0n) is 17.5. The van der Waals surface area contributed by atoms with Crippen molar-refractivity contribution in [3.05, 3.63) is 97.1 Å². The van der Waals surface area contributed by atoms with Crippen LogP contribution in [0.2, 0.25) is 0 Å². The van der Waals surface area contributed by atoms with Crippen LogP contribution in [-0.2, 0) is 0 Å². The largest absolute Gasteiger partial charge is 0.399 e. The van der Waals surface area contributed by atoms with Gasteiger partial charge >= 0.3 is 0 Å². The molecule has 0 aliphatic heterocycles. The molecule has 0 atom stereocenters. The lowest BCUT2D eigenvalue weighted by Crippen LogP contribution is -2.09. The maximum atomic E-state index is 5.65. The average molecular weight is 413 g/mol. The zero-order chi connectivity index (χ0) is 22.2. The molecule has 0 saturated heterocycles. The van der Waals surface area contributed by atoms with Crippen LogP contribution in [0.1, 0.15) is 0 Å². The second-order valence-corrected chi connectivity index (χ2v) is 7.11. The van der Waals surface area contributed by atoms with Gasteiger partial charge in [-0.1, -0.05) is 0 Å². The molecule has 4 aromatic carbocycles. The maximum Gasteiger partial charge on any atom is 0.0409 e. The average Bonchev–Trinajstić information content (AvgIpc) is 2.78. The number of rotatable bonds is 4. The predicted octanol–water partition coefficient (Wildman–Crippen LogP) is 5.21. The van der Waals surface area contributed by atoms with Crippen molar-refractivity contribution in [3.63, 3.8) is 0 Å². The Bertz CT molecular complexity index is 984. The fraction of sp³-hybridized carbons (Fsp3) is 0.0400. The van der Waals surface area contributed by atoms with E-state index in [0.29, 0.717) is 0 Å². The quantitative estimate of drug-likeness (QED) is 0.293. The first-order chi connectivity index (χ1) is 14.9. The van der Waals surface area contributed by atoms with Crippen molar-refractivity contribution in [2.45, 2.75) is 0 Å². The summed E-state index contributed by atoms with van der Waals surface area (Å²) < 4.78 is 0. The molecule has 9 N–H and O–H groups in total. The normalized spacial score (nSPS) is 9.97. The highest BCUT2D eigenvalue weighted by molar-refractivity contribution is 5.66. The lowest BCUT2D eigenvalue weighted by atomic mass is 10.2. The Hall–Kier alpha value is -4.32. The summed E-state index contributed by atoms with van der Waals surface area (Å²) in [6, 6.07) is 30.7. The number of hydrogen-bond acceptors (Lipinski definition) is 6. The maximum absolute atomic E-state index is 5.65. The third-order valence-electron chi connectivity index (χ3n) is 4.67. The predicted molar refractivity (Wildman–Crippen MR) is 135 cm³/mol. The molecule has 0 heterocycles. The minimum absolute atomic E-state index is 0.762. The zero-order valence-corrected chi connectivity index (χ0v) is 17.5. The molecule has 0 aliphatic carbocycles. The summed E-state index contributed by atoms with van der Waals surface area (Å²) in [5.74, 6) is 0. The van der Waals surface area contributed by atoms with Crippen LogP contribution in [0.3, 0.4) is 0 Å². The van der Waals surface area contributed by atoms with E-state index in [1.165, 1.54) is 0 Å². The Morgan fingerprint density at radius 1 is 0.452 bits per heavy atom. The van der Waals surface area contributed by atoms with Gasteiger partial charge in [-0.25, -0.2) is 0 Å². The highest BCUT2D eigenvalue weighted by Gasteiger charge is 2.02. The number of nitrogens with one attached hydrogen (secondary N) is 1. The van der Waals surface area contributed by atoms with E-state index < -0.39 is 0 Å². The Labute approximate surface area is 183 Å². The van der Waals surface area contributed by atoms with E-state index >= 15 is 0 Å². The molecule has 4 rings (SSSR count). The van der Waals surface area contributed by atoms with E-state index in [-0.39, 0.29) is 0 Å². The molecule has 0 fully saturated rings. The van der Waals surface area contributed by atoms with E-state index in [2.05, 4.69) is 10.2 Å². The van der Waals surface area contributed by atoms with Crippen LogP contribution in [-0.4, -0.2) is 7.05 Å². The highest BCUT2D eigenvalue weighted by atomic mass is 15.1. The molecule has 6 heteroatoms. The first-order valence-corrected chi connectivity index (χ1v) is 9.83. The van der Waals surface area contributed by atoms with Gasteiger partial charge in [0.1, 0.15) is 0 Å². The van der Waals surface area contributed by atoms with Crippen molar-refractivity contribution in [2.24, 2.45) is 0 Å². The summed E-state index contributed by atoms with van der Waals surface area (Å²) in [4.78, 5) is 2.08. The fourth-order valence-corrected chi connectivity index (χ4v) is 2.84. The molecule has 0 amide bonds. The SMILES string of the molecule is CN(c1ccc(N)cc1)c1ccc(N)cc1.Nc1ccc(Nc2ccc(N)cc2)cc1. The van der Waals surface area contributed by atoms with Gasteiger partial charge in [0.15, 0.2) is 0 Å². The van der Waals surface area contributed by atoms with E-state index in [0.717, 1.165) is 45.5 Å². The third-order valence-corrected chi connectivity index (χ3v) is 4.67. The second kappa shape index (κ2) is 9.93. The summed E-state index contributed by atoms with van der Waals surface area (Å²) in [7, 11) is 2.01. The van der Waals surface area contributed by atoms with Gasteiger partial charge in [-0.3, -0.25) is 0 Å². The summed E-state index contributed by atoms with van der Waals surface area (Å²) in [6.45, 7) is 0. The van der Waals surface area contributed by atoms with Crippen molar-refractivity contribution >= 4 is 45.5 Å². The Balaban J connectivity index is 0.000000176. The molecule has 0 saturated carbocycles. The molecular formula is C25H28N6. The summed E-state index contributed by atoms with van der Waals surface area (Å²) in [5.41, 5.74) is 29.8. The number of benzene rings is 4. The summed E-state index contributed by atoms with van der Waals surface area (Å²) in [5, 5.41) is 3.25. The standard InChI is InChI=1S/C13H15N3.C12H13N3/c1-16(12-6-2-10(14)3-7-12)13-8-4-11(15)5-9-13;13-9-1-5-11(6-2-9)15-12-7-3-10(14)4-8-12/h2-9H,14-15H2,1H3;1-8,15H,13-14H2. The lowest BCUT2D eigenvalue weighted by Gasteiger charge is -2.19. The minimum atomic E-state index is 0.762. The molecule has 0 aromatic heterocycles. The molecule has 0 bridgehead atoms. The molecular weight excluding hydrogens is 384 g/mol. The van der Waals surface area contributed by atoms with E-state index in [1.54, 1.807) is 0 Å². The van der Waals surface area contributed by atoms with Gasteiger partial charge in [0.05, 0.1) is 0 Å². The number of nitrogen functional groups attached to an aromatic ring is 4. The molecule has 0 radical (unpaired) electrons. The molecule has 0 aliphatic rings. The van der Waals surface area contributed by atoms with Gasteiger partial charge in [0, 0.05) is 52.5 Å². The van der Waals surface area contributed by atoms with Gasteiger partial charge in [-0.2, -0.15) is 0 Å². The Kier molecular flexibility index (Phi) is 6.85. The second-order valence-electron chi connectivity index (χ2n) is 7.11. The Morgan fingerprint density at radius 3 is 1.00 bits per heavy atom. The number of nitrogens with two attached hydrogens (primary N) is 4. The van der Waals surface area contributed by atoms with Crippen molar-refractivity contribution in [2.75, 3.05) is 40.2 Å². The number of nitrogens with zero attached hydrogens (tertiary/aromatic N) is 1. The van der Waals surface area contributed by atoms with Gasteiger partial charge < -0.3 is 33.2 Å². The third kappa shape index (κ3) is 6.33. The monoisotopic (exact) mass is 412 g/mol. The van der Waals surface area contributed by atoms with Gasteiger partial charge in [0.2, 0.25) is 0 Å². The highest BCUT2D eigenvalue weighted by Crippen LogP contribution is 2.24. The van der Waals surface area contributed by atoms with Gasteiger partial charge in [-0.15, -0.1) is 0 Å². The van der Waals surface area contributed by atoms with Crippen LogP contribution >= 0.6 is 0 Å². The van der Waals surface area contributed by atoms with Crippen molar-refractivity contribution in [3.8, 4) is 0 Å². The van der Waals surface area contributed by atoms with Crippen LogP contribution in [0, 0.1) is 0 Å². The fourth-order valence-electron chi connectivity index (χ4n) is 2.84. The first-order valence-electron chi connectivity index (χ1n) is 9.83. The molecule has 6 nitrogen and oxygen atoms in total. The molecule has 31 heavy (non-hydrogen) atoms. The van der Waals surface area contributed by atoms with Crippen molar-refractivity contribution in [1.29, 1.82) is 0 Å². The van der Waals surface area contributed by atoms with Crippen LogP contribution in [0.5, 0.6) is 0 Å². The van der Waals surface area contributed by atoms with E-state index in [4.69, 9.17) is 22.9 Å². The van der Waals surface area contributed by atoms with E-state index in [1.807, 2.05) is 104 Å². The number of anilines is 8. The smallest absolute Gasteiger partial charge is 0.0409 e.